The molecular weight excluding hydrogens is 206 g/mol. The molecule has 0 heterocycles. The van der Waals surface area contributed by atoms with Crippen molar-refractivity contribution in [1.29, 1.82) is 0 Å². The summed E-state index contributed by atoms with van der Waals surface area (Å²) in [5, 5.41) is 10.2. The number of hydrogen-bond acceptors (Lipinski definition) is 3. The van der Waals surface area contributed by atoms with E-state index in [4.69, 9.17) is 4.84 Å². The van der Waals surface area contributed by atoms with Crippen LogP contribution in [0.15, 0.2) is 0 Å². The standard InChI is InChI=1S/C12H19NO3/c1-11(2)10-4-8-3-9(5-10)7-12(11,6-8)16-13(14)15/h8-10H,3-7H2,1-2H3/t8-,9+,10?,12?. The summed E-state index contributed by atoms with van der Waals surface area (Å²) in [6.45, 7) is 4.33. The third kappa shape index (κ3) is 1.16. The summed E-state index contributed by atoms with van der Waals surface area (Å²) in [4.78, 5) is 15.9. The molecule has 16 heavy (non-hydrogen) atoms. The van der Waals surface area contributed by atoms with Crippen molar-refractivity contribution in [3.8, 4) is 0 Å². The van der Waals surface area contributed by atoms with E-state index in [1.54, 1.807) is 0 Å². The van der Waals surface area contributed by atoms with E-state index in [0.717, 1.165) is 12.8 Å². The molecular formula is C12H19NO3. The van der Waals surface area contributed by atoms with Gasteiger partial charge in [-0.25, -0.2) is 0 Å². The van der Waals surface area contributed by atoms with Crippen LogP contribution in [-0.4, -0.2) is 10.7 Å². The molecule has 0 radical (unpaired) electrons. The van der Waals surface area contributed by atoms with Gasteiger partial charge in [-0.3, -0.25) is 0 Å². The van der Waals surface area contributed by atoms with Crippen LogP contribution in [0.5, 0.6) is 0 Å². The Morgan fingerprint density at radius 2 is 1.75 bits per heavy atom. The predicted molar refractivity (Wildman–Crippen MR) is 58.1 cm³/mol. The van der Waals surface area contributed by atoms with E-state index in [1.165, 1.54) is 19.3 Å². The SMILES string of the molecule is CC1(C)C2C[C@@H]3C[C@H](C2)CC1(O[N+](=O)[O-])C3. The first-order chi connectivity index (χ1) is 7.43. The van der Waals surface area contributed by atoms with Gasteiger partial charge in [-0.05, 0) is 55.3 Å². The fourth-order valence-corrected chi connectivity index (χ4v) is 4.74. The lowest BCUT2D eigenvalue weighted by Gasteiger charge is -2.64. The minimum atomic E-state index is -0.561. The van der Waals surface area contributed by atoms with Gasteiger partial charge in [0.1, 0.15) is 5.60 Å². The Bertz CT molecular complexity index is 325. The molecule has 4 aliphatic carbocycles. The molecule has 4 atom stereocenters. The van der Waals surface area contributed by atoms with Crippen LogP contribution in [0.25, 0.3) is 0 Å². The second kappa shape index (κ2) is 2.90. The number of rotatable bonds is 2. The molecule has 0 aromatic heterocycles. The molecule has 0 amide bonds. The Kier molecular flexibility index (Phi) is 1.88. The Labute approximate surface area is 95.5 Å². The van der Waals surface area contributed by atoms with Gasteiger partial charge in [0.2, 0.25) is 0 Å². The van der Waals surface area contributed by atoms with Crippen LogP contribution in [0.2, 0.25) is 0 Å². The van der Waals surface area contributed by atoms with Crippen LogP contribution in [0.3, 0.4) is 0 Å². The lowest BCUT2D eigenvalue weighted by atomic mass is 9.44. The molecule has 4 aliphatic rings. The zero-order valence-corrected chi connectivity index (χ0v) is 9.94. The van der Waals surface area contributed by atoms with Crippen molar-refractivity contribution >= 4 is 0 Å². The highest BCUT2D eigenvalue weighted by molar-refractivity contribution is 5.11. The maximum absolute atomic E-state index is 10.8. The second-order valence-corrected chi connectivity index (χ2v) is 6.58. The van der Waals surface area contributed by atoms with E-state index in [9.17, 15) is 10.1 Å². The van der Waals surface area contributed by atoms with Crippen LogP contribution in [0.1, 0.15) is 46.0 Å². The summed E-state index contributed by atoms with van der Waals surface area (Å²) in [6, 6.07) is 0. The quantitative estimate of drug-likeness (QED) is 0.536. The fourth-order valence-electron chi connectivity index (χ4n) is 4.74. The van der Waals surface area contributed by atoms with Crippen LogP contribution in [-0.2, 0) is 4.84 Å². The van der Waals surface area contributed by atoms with Crippen LogP contribution in [0.4, 0.5) is 0 Å². The van der Waals surface area contributed by atoms with Gasteiger partial charge in [-0.1, -0.05) is 13.8 Å². The molecule has 4 saturated carbocycles. The van der Waals surface area contributed by atoms with Crippen molar-refractivity contribution in [2.75, 3.05) is 0 Å². The van der Waals surface area contributed by atoms with E-state index in [-0.39, 0.29) is 5.41 Å². The Morgan fingerprint density at radius 3 is 2.25 bits per heavy atom. The summed E-state index contributed by atoms with van der Waals surface area (Å²) in [5.41, 5.74) is -0.515. The molecule has 0 aromatic carbocycles. The van der Waals surface area contributed by atoms with Gasteiger partial charge in [0, 0.05) is 0 Å². The van der Waals surface area contributed by atoms with Crippen molar-refractivity contribution < 1.29 is 9.92 Å². The van der Waals surface area contributed by atoms with E-state index >= 15 is 0 Å². The third-order valence-corrected chi connectivity index (χ3v) is 5.58. The smallest absolute Gasteiger partial charge is 0.295 e. The highest BCUT2D eigenvalue weighted by Gasteiger charge is 2.63. The zero-order valence-electron chi connectivity index (χ0n) is 9.94. The average Bonchev–Trinajstić information content (AvgIpc) is 2.12. The Hall–Kier alpha value is -0.800. The molecule has 4 nitrogen and oxygen atoms in total. The van der Waals surface area contributed by atoms with E-state index in [2.05, 4.69) is 13.8 Å². The summed E-state index contributed by atoms with van der Waals surface area (Å²) in [5.74, 6) is 1.97. The first-order valence-corrected chi connectivity index (χ1v) is 6.26. The summed E-state index contributed by atoms with van der Waals surface area (Å²) in [6.07, 6.45) is 5.58. The maximum Gasteiger partial charge on any atom is 0.295 e. The molecule has 2 unspecified atom stereocenters. The minimum Gasteiger partial charge on any atom is -0.307 e. The van der Waals surface area contributed by atoms with Gasteiger partial charge < -0.3 is 4.84 Å². The van der Waals surface area contributed by atoms with Crippen molar-refractivity contribution in [1.82, 2.24) is 0 Å². The first kappa shape index (κ1) is 10.4. The lowest BCUT2D eigenvalue weighted by Crippen LogP contribution is -2.63. The van der Waals surface area contributed by atoms with E-state index in [1.807, 2.05) is 0 Å². The summed E-state index contributed by atoms with van der Waals surface area (Å²) >= 11 is 0. The number of hydrogen-bond donors (Lipinski definition) is 0. The molecule has 0 spiro atoms. The molecule has 0 aliphatic heterocycles. The largest absolute Gasteiger partial charge is 0.307 e. The van der Waals surface area contributed by atoms with Crippen molar-refractivity contribution in [2.45, 2.75) is 51.6 Å². The van der Waals surface area contributed by atoms with Crippen molar-refractivity contribution in [2.24, 2.45) is 23.2 Å². The van der Waals surface area contributed by atoms with Crippen molar-refractivity contribution in [3.63, 3.8) is 0 Å². The molecule has 4 fully saturated rings. The molecule has 0 N–H and O–H groups in total. The lowest BCUT2D eigenvalue weighted by molar-refractivity contribution is -0.790. The second-order valence-electron chi connectivity index (χ2n) is 6.58. The van der Waals surface area contributed by atoms with E-state index < -0.39 is 10.7 Å². The van der Waals surface area contributed by atoms with Gasteiger partial charge in [0.15, 0.2) is 0 Å². The predicted octanol–water partition coefficient (Wildman–Crippen LogP) is 2.80. The van der Waals surface area contributed by atoms with Crippen molar-refractivity contribution in [3.05, 3.63) is 10.1 Å². The Balaban J connectivity index is 1.98. The molecule has 4 rings (SSSR count). The fraction of sp³-hybridized carbons (Fsp3) is 1.00. The third-order valence-electron chi connectivity index (χ3n) is 5.58. The van der Waals surface area contributed by atoms with Gasteiger partial charge in [0.25, 0.3) is 5.09 Å². The number of nitrogens with zero attached hydrogens (tertiary/aromatic N) is 1. The summed E-state index contributed by atoms with van der Waals surface area (Å²) < 4.78 is 0. The monoisotopic (exact) mass is 225 g/mol. The van der Waals surface area contributed by atoms with E-state index in [0.29, 0.717) is 17.8 Å². The summed E-state index contributed by atoms with van der Waals surface area (Å²) in [7, 11) is 0. The zero-order chi connectivity index (χ0) is 11.6. The van der Waals surface area contributed by atoms with Gasteiger partial charge in [-0.15, -0.1) is 10.1 Å². The van der Waals surface area contributed by atoms with Gasteiger partial charge in [0.05, 0.1) is 0 Å². The van der Waals surface area contributed by atoms with Crippen LogP contribution in [0, 0.1) is 33.3 Å². The topological polar surface area (TPSA) is 52.4 Å². The molecule has 90 valence electrons. The highest BCUT2D eigenvalue weighted by atomic mass is 17.0. The maximum atomic E-state index is 10.8. The van der Waals surface area contributed by atoms with Gasteiger partial charge in [-0.2, -0.15) is 0 Å². The Morgan fingerprint density at radius 1 is 1.19 bits per heavy atom. The molecule has 4 bridgehead atoms. The molecule has 4 heteroatoms. The normalized spacial score (nSPS) is 48.0. The first-order valence-electron chi connectivity index (χ1n) is 6.26. The van der Waals surface area contributed by atoms with Crippen LogP contribution >= 0.6 is 0 Å². The van der Waals surface area contributed by atoms with Gasteiger partial charge >= 0.3 is 0 Å². The molecule has 0 saturated heterocycles. The molecule has 0 aromatic rings. The highest BCUT2D eigenvalue weighted by Crippen LogP contribution is 2.65. The van der Waals surface area contributed by atoms with Crippen LogP contribution < -0.4 is 0 Å². The minimum absolute atomic E-state index is 0.0342. The average molecular weight is 225 g/mol.